The molecule has 0 aromatic carbocycles. The van der Waals surface area contributed by atoms with Crippen molar-refractivity contribution in [1.29, 1.82) is 0 Å². The Morgan fingerprint density at radius 3 is 2.41 bits per heavy atom. The van der Waals surface area contributed by atoms with Gasteiger partial charge in [-0.25, -0.2) is 5.84 Å². The van der Waals surface area contributed by atoms with E-state index in [2.05, 4.69) is 13.8 Å². The van der Waals surface area contributed by atoms with Crippen LogP contribution in [0.5, 0.6) is 0 Å². The molecule has 0 atom stereocenters. The molecule has 0 aliphatic heterocycles. The summed E-state index contributed by atoms with van der Waals surface area (Å²) in [6.45, 7) is 4.87. The number of rotatable bonds is 4. The monoisotopic (exact) mass is 241 g/mol. The molecule has 1 fully saturated rings. The fraction of sp³-hybridized carbons (Fsp3) is 0.833. The van der Waals surface area contributed by atoms with Crippen molar-refractivity contribution in [1.82, 2.24) is 10.3 Å². The largest absolute Gasteiger partial charge is 0.331 e. The van der Waals surface area contributed by atoms with E-state index in [0.29, 0.717) is 12.5 Å². The Kier molecular flexibility index (Phi) is 5.41. The Bertz CT molecular complexity index is 273. The first-order chi connectivity index (χ1) is 8.06. The van der Waals surface area contributed by atoms with Gasteiger partial charge in [0, 0.05) is 12.6 Å². The van der Waals surface area contributed by atoms with Crippen molar-refractivity contribution in [2.75, 3.05) is 6.54 Å². The van der Waals surface area contributed by atoms with Gasteiger partial charge in [-0.3, -0.25) is 15.0 Å². The highest BCUT2D eigenvalue weighted by Gasteiger charge is 2.29. The van der Waals surface area contributed by atoms with E-state index in [1.165, 1.54) is 0 Å². The molecule has 1 rings (SSSR count). The average Bonchev–Trinajstić information content (AvgIpc) is 2.81. The van der Waals surface area contributed by atoms with Crippen LogP contribution in [0, 0.1) is 5.92 Å². The van der Waals surface area contributed by atoms with Crippen LogP contribution >= 0.6 is 0 Å². The molecular weight excluding hydrogens is 218 g/mol. The van der Waals surface area contributed by atoms with Crippen molar-refractivity contribution >= 4 is 11.8 Å². The Morgan fingerprint density at radius 2 is 1.94 bits per heavy atom. The maximum atomic E-state index is 11.9. The Balaban J connectivity index is 2.63. The molecule has 0 aromatic rings. The second-order valence-corrected chi connectivity index (χ2v) is 5.09. The van der Waals surface area contributed by atoms with Crippen molar-refractivity contribution < 1.29 is 9.59 Å². The SMILES string of the molecule is CC(C)CCN(C(=O)C(=O)NN)C1CCCC1. The van der Waals surface area contributed by atoms with E-state index in [9.17, 15) is 9.59 Å². The lowest BCUT2D eigenvalue weighted by Gasteiger charge is -2.28. The van der Waals surface area contributed by atoms with Crippen molar-refractivity contribution in [3.63, 3.8) is 0 Å². The third-order valence-corrected chi connectivity index (χ3v) is 3.30. The molecule has 1 saturated carbocycles. The quantitative estimate of drug-likeness (QED) is 0.331. The van der Waals surface area contributed by atoms with Crippen molar-refractivity contribution in [2.45, 2.75) is 52.0 Å². The summed E-state index contributed by atoms with van der Waals surface area (Å²) in [4.78, 5) is 24.9. The van der Waals surface area contributed by atoms with Crippen molar-refractivity contribution in [3.05, 3.63) is 0 Å². The molecule has 0 heterocycles. The first kappa shape index (κ1) is 14.0. The normalized spacial score (nSPS) is 16.2. The minimum atomic E-state index is -0.708. The first-order valence-corrected chi connectivity index (χ1v) is 6.37. The highest BCUT2D eigenvalue weighted by atomic mass is 16.2. The molecule has 5 nitrogen and oxygen atoms in total. The zero-order chi connectivity index (χ0) is 12.8. The molecule has 0 spiro atoms. The summed E-state index contributed by atoms with van der Waals surface area (Å²) >= 11 is 0. The number of hydrogen-bond acceptors (Lipinski definition) is 3. The molecular formula is C12H23N3O2. The number of hydrazine groups is 1. The summed E-state index contributed by atoms with van der Waals surface area (Å²) in [5.74, 6) is 4.35. The second kappa shape index (κ2) is 6.59. The van der Waals surface area contributed by atoms with Gasteiger partial charge >= 0.3 is 11.8 Å². The van der Waals surface area contributed by atoms with Crippen LogP contribution in [0.4, 0.5) is 0 Å². The topological polar surface area (TPSA) is 75.4 Å². The molecule has 0 aromatic heterocycles. The Morgan fingerprint density at radius 1 is 1.35 bits per heavy atom. The van der Waals surface area contributed by atoms with Gasteiger partial charge in [0.25, 0.3) is 0 Å². The van der Waals surface area contributed by atoms with Gasteiger partial charge in [0.05, 0.1) is 0 Å². The molecule has 0 bridgehead atoms. The van der Waals surface area contributed by atoms with Crippen LogP contribution in [-0.4, -0.2) is 29.3 Å². The molecule has 2 amide bonds. The van der Waals surface area contributed by atoms with Crippen LogP contribution in [0.2, 0.25) is 0 Å². The minimum Gasteiger partial charge on any atom is -0.331 e. The van der Waals surface area contributed by atoms with Gasteiger partial charge in [0.15, 0.2) is 0 Å². The van der Waals surface area contributed by atoms with E-state index < -0.39 is 11.8 Å². The highest BCUT2D eigenvalue weighted by molar-refractivity contribution is 6.34. The average molecular weight is 241 g/mol. The molecule has 0 radical (unpaired) electrons. The molecule has 3 N–H and O–H groups in total. The summed E-state index contributed by atoms with van der Waals surface area (Å²) in [5, 5.41) is 0. The number of nitrogens with one attached hydrogen (secondary N) is 1. The number of carbonyl (C=O) groups excluding carboxylic acids is 2. The molecule has 98 valence electrons. The molecule has 17 heavy (non-hydrogen) atoms. The van der Waals surface area contributed by atoms with Gasteiger partial charge in [-0.05, 0) is 25.2 Å². The predicted octanol–water partition coefficient (Wildman–Crippen LogP) is 0.794. The summed E-state index contributed by atoms with van der Waals surface area (Å²) in [5.41, 5.74) is 1.93. The van der Waals surface area contributed by atoms with Crippen LogP contribution in [0.15, 0.2) is 0 Å². The molecule has 5 heteroatoms. The van der Waals surface area contributed by atoms with E-state index in [4.69, 9.17) is 5.84 Å². The van der Waals surface area contributed by atoms with Crippen LogP contribution in [0.25, 0.3) is 0 Å². The lowest BCUT2D eigenvalue weighted by atomic mass is 10.1. The lowest BCUT2D eigenvalue weighted by Crippen LogP contribution is -2.49. The van der Waals surface area contributed by atoms with Crippen LogP contribution in [-0.2, 0) is 9.59 Å². The summed E-state index contributed by atoms with van der Waals surface area (Å²) in [6.07, 6.45) is 5.20. The van der Waals surface area contributed by atoms with Crippen LogP contribution < -0.4 is 11.3 Å². The zero-order valence-corrected chi connectivity index (χ0v) is 10.7. The molecule has 1 aliphatic rings. The fourth-order valence-electron chi connectivity index (χ4n) is 2.26. The van der Waals surface area contributed by atoms with Crippen LogP contribution in [0.1, 0.15) is 46.0 Å². The van der Waals surface area contributed by atoms with Gasteiger partial charge in [0.2, 0.25) is 0 Å². The van der Waals surface area contributed by atoms with E-state index in [-0.39, 0.29) is 6.04 Å². The maximum absolute atomic E-state index is 11.9. The fourth-order valence-corrected chi connectivity index (χ4v) is 2.26. The third kappa shape index (κ3) is 4.00. The third-order valence-electron chi connectivity index (χ3n) is 3.30. The summed E-state index contributed by atoms with van der Waals surface area (Å²) < 4.78 is 0. The highest BCUT2D eigenvalue weighted by Crippen LogP contribution is 2.24. The van der Waals surface area contributed by atoms with Gasteiger partial charge < -0.3 is 4.90 Å². The van der Waals surface area contributed by atoms with E-state index in [0.717, 1.165) is 32.1 Å². The number of nitrogens with zero attached hydrogens (tertiary/aromatic N) is 1. The summed E-state index contributed by atoms with van der Waals surface area (Å²) in [7, 11) is 0. The molecule has 1 aliphatic carbocycles. The Hall–Kier alpha value is -1.10. The maximum Gasteiger partial charge on any atom is 0.323 e. The standard InChI is InChI=1S/C12H23N3O2/c1-9(2)7-8-15(10-5-3-4-6-10)12(17)11(16)14-13/h9-10H,3-8,13H2,1-2H3,(H,14,16). The minimum absolute atomic E-state index is 0.221. The molecule has 0 unspecified atom stereocenters. The smallest absolute Gasteiger partial charge is 0.323 e. The van der Waals surface area contributed by atoms with E-state index >= 15 is 0 Å². The van der Waals surface area contributed by atoms with Crippen LogP contribution in [0.3, 0.4) is 0 Å². The first-order valence-electron chi connectivity index (χ1n) is 6.37. The predicted molar refractivity (Wildman–Crippen MR) is 65.8 cm³/mol. The van der Waals surface area contributed by atoms with Gasteiger partial charge in [-0.1, -0.05) is 26.7 Å². The van der Waals surface area contributed by atoms with E-state index in [1.54, 1.807) is 4.90 Å². The second-order valence-electron chi connectivity index (χ2n) is 5.09. The zero-order valence-electron chi connectivity index (χ0n) is 10.7. The summed E-state index contributed by atoms with van der Waals surface area (Å²) in [6, 6.07) is 0.221. The van der Waals surface area contributed by atoms with Gasteiger partial charge in [0.1, 0.15) is 0 Å². The Labute approximate surface area is 103 Å². The number of amides is 2. The number of hydrogen-bond donors (Lipinski definition) is 2. The van der Waals surface area contributed by atoms with Gasteiger partial charge in [-0.2, -0.15) is 0 Å². The molecule has 0 saturated heterocycles. The van der Waals surface area contributed by atoms with Crippen molar-refractivity contribution in [2.24, 2.45) is 11.8 Å². The van der Waals surface area contributed by atoms with Gasteiger partial charge in [-0.15, -0.1) is 0 Å². The lowest BCUT2D eigenvalue weighted by molar-refractivity contribution is -0.147. The van der Waals surface area contributed by atoms with E-state index in [1.807, 2.05) is 5.43 Å². The number of carbonyl (C=O) groups is 2. The van der Waals surface area contributed by atoms with Crippen molar-refractivity contribution in [3.8, 4) is 0 Å². The number of nitrogens with two attached hydrogens (primary N) is 1.